The van der Waals surface area contributed by atoms with Crippen LogP contribution in [0.3, 0.4) is 0 Å². The zero-order valence-electron chi connectivity index (χ0n) is 14.7. The molecule has 0 bridgehead atoms. The minimum atomic E-state index is 1.08. The molecule has 1 heterocycles. The van der Waals surface area contributed by atoms with Crippen molar-refractivity contribution in [2.75, 3.05) is 20.6 Å². The van der Waals surface area contributed by atoms with Crippen molar-refractivity contribution in [3.8, 4) is 0 Å². The first-order chi connectivity index (χ1) is 10.6. The number of hydrogen-bond acceptors (Lipinski definition) is 0. The topological polar surface area (TPSA) is 15.8 Å². The molecule has 2 heteroatoms. The van der Waals surface area contributed by atoms with Crippen molar-refractivity contribution in [2.24, 2.45) is 0 Å². The molecule has 0 saturated carbocycles. The summed E-state index contributed by atoms with van der Waals surface area (Å²) in [5.74, 6) is 0. The molecule has 0 spiro atoms. The summed E-state index contributed by atoms with van der Waals surface area (Å²) in [6.07, 6.45) is 11.9. The molecular weight excluding hydrogens is 268 g/mol. The van der Waals surface area contributed by atoms with Crippen LogP contribution in [0.4, 0.5) is 0 Å². The molecule has 0 aliphatic rings. The lowest BCUT2D eigenvalue weighted by Gasteiger charge is -2.29. The Morgan fingerprint density at radius 3 is 2.36 bits per heavy atom. The lowest BCUT2D eigenvalue weighted by atomic mass is 10.1. The summed E-state index contributed by atoms with van der Waals surface area (Å²) >= 11 is 0. The molecule has 1 N–H and O–H groups in total. The number of aromatic amines is 1. The first-order valence-electron chi connectivity index (χ1n) is 8.99. The highest BCUT2D eigenvalue weighted by atomic mass is 15.3. The second-order valence-corrected chi connectivity index (χ2v) is 7.30. The van der Waals surface area contributed by atoms with Crippen LogP contribution in [0, 0.1) is 0 Å². The van der Waals surface area contributed by atoms with E-state index in [-0.39, 0.29) is 0 Å². The molecule has 0 radical (unpaired) electrons. The average Bonchev–Trinajstić information content (AvgIpc) is 2.89. The Balaban J connectivity index is 1.76. The predicted molar refractivity (Wildman–Crippen MR) is 97.0 cm³/mol. The molecular formula is C20H33N2+. The highest BCUT2D eigenvalue weighted by Gasteiger charge is 2.17. The van der Waals surface area contributed by atoms with Crippen LogP contribution in [0.25, 0.3) is 10.9 Å². The van der Waals surface area contributed by atoms with E-state index in [0.717, 1.165) is 11.0 Å². The van der Waals surface area contributed by atoms with Crippen molar-refractivity contribution in [2.45, 2.75) is 58.4 Å². The van der Waals surface area contributed by atoms with Crippen molar-refractivity contribution >= 4 is 10.9 Å². The molecule has 0 unspecified atom stereocenters. The second kappa shape index (κ2) is 8.38. The third-order valence-electron chi connectivity index (χ3n) is 4.64. The molecule has 2 aromatic rings. The van der Waals surface area contributed by atoms with E-state index in [0.29, 0.717) is 0 Å². The van der Waals surface area contributed by atoms with E-state index in [1.54, 1.807) is 0 Å². The van der Waals surface area contributed by atoms with Gasteiger partial charge in [0.05, 0.1) is 20.6 Å². The number of para-hydroxylation sites is 1. The second-order valence-electron chi connectivity index (χ2n) is 7.30. The smallest absolute Gasteiger partial charge is 0.106 e. The van der Waals surface area contributed by atoms with Crippen LogP contribution < -0.4 is 0 Å². The normalized spacial score (nSPS) is 12.1. The van der Waals surface area contributed by atoms with Crippen molar-refractivity contribution < 1.29 is 4.48 Å². The maximum Gasteiger partial charge on any atom is 0.106 e. The lowest BCUT2D eigenvalue weighted by Crippen LogP contribution is -2.39. The molecule has 0 amide bonds. The third-order valence-corrected chi connectivity index (χ3v) is 4.64. The van der Waals surface area contributed by atoms with E-state index < -0.39 is 0 Å². The van der Waals surface area contributed by atoms with Gasteiger partial charge in [0, 0.05) is 22.7 Å². The maximum absolute atomic E-state index is 3.40. The van der Waals surface area contributed by atoms with Crippen LogP contribution in [0.2, 0.25) is 0 Å². The number of H-pyrrole nitrogens is 1. The van der Waals surface area contributed by atoms with Crippen LogP contribution in [-0.4, -0.2) is 30.1 Å². The summed E-state index contributed by atoms with van der Waals surface area (Å²) in [7, 11) is 4.72. The molecule has 0 fully saturated rings. The Labute approximate surface area is 136 Å². The Bertz CT molecular complexity index is 554. The van der Waals surface area contributed by atoms with E-state index >= 15 is 0 Å². The zero-order valence-corrected chi connectivity index (χ0v) is 14.7. The number of hydrogen-bond donors (Lipinski definition) is 1. The molecule has 0 atom stereocenters. The Hall–Kier alpha value is -1.28. The molecule has 22 heavy (non-hydrogen) atoms. The van der Waals surface area contributed by atoms with Gasteiger partial charge in [-0.05, 0) is 18.9 Å². The molecule has 2 rings (SSSR count). The molecule has 0 aliphatic heterocycles. The van der Waals surface area contributed by atoms with Crippen molar-refractivity contribution in [3.05, 3.63) is 36.0 Å². The minimum Gasteiger partial charge on any atom is -0.361 e. The number of quaternary nitrogens is 1. The van der Waals surface area contributed by atoms with Gasteiger partial charge < -0.3 is 9.47 Å². The van der Waals surface area contributed by atoms with Crippen molar-refractivity contribution in [1.82, 2.24) is 4.98 Å². The van der Waals surface area contributed by atoms with Gasteiger partial charge in [0.2, 0.25) is 0 Å². The van der Waals surface area contributed by atoms with E-state index in [1.165, 1.54) is 68.0 Å². The van der Waals surface area contributed by atoms with Gasteiger partial charge in [0.15, 0.2) is 0 Å². The van der Waals surface area contributed by atoms with Crippen LogP contribution >= 0.6 is 0 Å². The number of unbranched alkanes of at least 4 members (excludes halogenated alkanes) is 6. The van der Waals surface area contributed by atoms with Crippen LogP contribution in [-0.2, 0) is 6.54 Å². The number of nitrogens with one attached hydrogen (secondary N) is 1. The standard InChI is InChI=1S/C20H33N2/c1-4-5-6-7-8-9-12-15-22(2,3)17-18-16-21-20-14-11-10-13-19(18)20/h10-11,13-14,16,21H,4-9,12,15,17H2,1-3H3/q+1. The Morgan fingerprint density at radius 2 is 1.59 bits per heavy atom. The van der Waals surface area contributed by atoms with Crippen LogP contribution in [0.15, 0.2) is 30.5 Å². The Morgan fingerprint density at radius 1 is 0.909 bits per heavy atom. The molecule has 1 aromatic carbocycles. The summed E-state index contributed by atoms with van der Waals surface area (Å²) in [4.78, 5) is 3.40. The fraction of sp³-hybridized carbons (Fsp3) is 0.600. The molecule has 122 valence electrons. The van der Waals surface area contributed by atoms with Gasteiger partial charge in [-0.15, -0.1) is 0 Å². The summed E-state index contributed by atoms with van der Waals surface area (Å²) < 4.78 is 1.08. The number of fused-ring (bicyclic) bond motifs is 1. The van der Waals surface area contributed by atoms with Gasteiger partial charge in [0.1, 0.15) is 6.54 Å². The van der Waals surface area contributed by atoms with Crippen molar-refractivity contribution in [3.63, 3.8) is 0 Å². The van der Waals surface area contributed by atoms with Gasteiger partial charge in [0.25, 0.3) is 0 Å². The van der Waals surface area contributed by atoms with E-state index in [4.69, 9.17) is 0 Å². The van der Waals surface area contributed by atoms with E-state index in [1.807, 2.05) is 0 Å². The highest BCUT2D eigenvalue weighted by molar-refractivity contribution is 5.82. The van der Waals surface area contributed by atoms with Gasteiger partial charge in [-0.3, -0.25) is 0 Å². The minimum absolute atomic E-state index is 1.08. The van der Waals surface area contributed by atoms with Gasteiger partial charge >= 0.3 is 0 Å². The molecule has 1 aromatic heterocycles. The fourth-order valence-electron chi connectivity index (χ4n) is 3.30. The summed E-state index contributed by atoms with van der Waals surface area (Å²) in [6, 6.07) is 8.63. The number of aromatic nitrogens is 1. The largest absolute Gasteiger partial charge is 0.361 e. The first-order valence-corrected chi connectivity index (χ1v) is 8.99. The van der Waals surface area contributed by atoms with E-state index in [2.05, 4.69) is 56.5 Å². The predicted octanol–water partition coefficient (Wildman–Crippen LogP) is 5.49. The number of nitrogens with zero attached hydrogens (tertiary/aromatic N) is 1. The van der Waals surface area contributed by atoms with E-state index in [9.17, 15) is 0 Å². The molecule has 0 saturated heterocycles. The zero-order chi connectivity index (χ0) is 15.8. The fourth-order valence-corrected chi connectivity index (χ4v) is 3.30. The SMILES string of the molecule is CCCCCCCCC[N+](C)(C)Cc1c[nH]c2ccccc12. The third kappa shape index (κ3) is 5.17. The van der Waals surface area contributed by atoms with Crippen molar-refractivity contribution in [1.29, 1.82) is 0 Å². The lowest BCUT2D eigenvalue weighted by molar-refractivity contribution is -0.903. The molecule has 0 aliphatic carbocycles. The Kier molecular flexibility index (Phi) is 6.50. The number of rotatable bonds is 10. The summed E-state index contributed by atoms with van der Waals surface area (Å²) in [6.45, 7) is 4.66. The first kappa shape index (κ1) is 17.1. The number of benzene rings is 1. The van der Waals surface area contributed by atoms with Gasteiger partial charge in [-0.25, -0.2) is 0 Å². The van der Waals surface area contributed by atoms with Crippen LogP contribution in [0.5, 0.6) is 0 Å². The van der Waals surface area contributed by atoms with Gasteiger partial charge in [-0.1, -0.05) is 57.2 Å². The summed E-state index contributed by atoms with van der Waals surface area (Å²) in [5, 5.41) is 1.38. The van der Waals surface area contributed by atoms with Crippen LogP contribution in [0.1, 0.15) is 57.4 Å². The summed E-state index contributed by atoms with van der Waals surface area (Å²) in [5.41, 5.74) is 2.71. The quantitative estimate of drug-likeness (QED) is 0.441. The maximum atomic E-state index is 3.40. The highest BCUT2D eigenvalue weighted by Crippen LogP contribution is 2.21. The molecule has 2 nitrogen and oxygen atoms in total. The van der Waals surface area contributed by atoms with Gasteiger partial charge in [-0.2, -0.15) is 0 Å². The monoisotopic (exact) mass is 301 g/mol. The average molecular weight is 301 g/mol.